The van der Waals surface area contributed by atoms with Crippen LogP contribution in [0.5, 0.6) is 0 Å². The Balaban J connectivity index is 1.88. The first kappa shape index (κ1) is 16.6. The predicted molar refractivity (Wildman–Crippen MR) is 82.6 cm³/mol. The molecule has 1 N–H and O–H groups in total. The van der Waals surface area contributed by atoms with Crippen LogP contribution in [-0.2, 0) is 15.0 Å². The molecule has 0 saturated carbocycles. The van der Waals surface area contributed by atoms with Crippen LogP contribution in [0.4, 0.5) is 4.39 Å². The van der Waals surface area contributed by atoms with Gasteiger partial charge in [-0.2, -0.15) is 12.7 Å². The van der Waals surface area contributed by atoms with Crippen LogP contribution in [0.3, 0.4) is 0 Å². The first-order valence-corrected chi connectivity index (χ1v) is 9.09. The van der Waals surface area contributed by atoms with Gasteiger partial charge in [-0.15, -0.1) is 0 Å². The predicted octanol–water partition coefficient (Wildman–Crippen LogP) is 0.743. The van der Waals surface area contributed by atoms with Crippen molar-refractivity contribution in [1.82, 2.24) is 13.9 Å². The smallest absolute Gasteiger partial charge is 0.304 e. The van der Waals surface area contributed by atoms with Gasteiger partial charge in [0.05, 0.1) is 10.6 Å². The van der Waals surface area contributed by atoms with Crippen molar-refractivity contribution in [3.63, 3.8) is 0 Å². The van der Waals surface area contributed by atoms with Gasteiger partial charge in [-0.1, -0.05) is 27.5 Å². The number of hydrogen-bond donors (Lipinski definition) is 1. The van der Waals surface area contributed by atoms with Crippen molar-refractivity contribution >= 4 is 49.6 Å². The van der Waals surface area contributed by atoms with Crippen LogP contribution in [0.25, 0.3) is 0 Å². The molecule has 1 aromatic carbocycles. The maximum Gasteiger partial charge on any atom is 0.304 e. The van der Waals surface area contributed by atoms with Crippen LogP contribution in [-0.4, -0.2) is 55.1 Å². The highest BCUT2D eigenvalue weighted by Crippen LogP contribution is 2.27. The minimum atomic E-state index is -3.84. The molecule has 0 spiro atoms. The SMILES string of the molecule is O=C1NS(=O)(=O)N2CCN(C(=O)c3c(F)cc(Br)cc3Cl)CC12. The van der Waals surface area contributed by atoms with Gasteiger partial charge in [-0.05, 0) is 12.1 Å². The quantitative estimate of drug-likeness (QED) is 0.718. The first-order valence-electron chi connectivity index (χ1n) is 6.48. The molecule has 2 heterocycles. The van der Waals surface area contributed by atoms with Gasteiger partial charge in [-0.25, -0.2) is 9.11 Å². The number of hydrogen-bond acceptors (Lipinski definition) is 4. The van der Waals surface area contributed by atoms with E-state index in [1.54, 1.807) is 0 Å². The largest absolute Gasteiger partial charge is 0.335 e. The Hall–Kier alpha value is -1.23. The highest BCUT2D eigenvalue weighted by Gasteiger charge is 2.47. The molecule has 2 aliphatic rings. The maximum absolute atomic E-state index is 14.0. The third-order valence-corrected chi connectivity index (χ3v) is 5.95. The van der Waals surface area contributed by atoms with Crippen LogP contribution in [0, 0.1) is 5.82 Å². The van der Waals surface area contributed by atoms with Crippen molar-refractivity contribution in [3.8, 4) is 0 Å². The molecule has 3 rings (SSSR count). The Labute approximate surface area is 144 Å². The zero-order valence-corrected chi connectivity index (χ0v) is 14.6. The lowest BCUT2D eigenvalue weighted by atomic mass is 10.1. The van der Waals surface area contributed by atoms with E-state index in [1.165, 1.54) is 11.0 Å². The summed E-state index contributed by atoms with van der Waals surface area (Å²) in [6, 6.07) is 1.50. The van der Waals surface area contributed by atoms with Crippen molar-refractivity contribution < 1.29 is 22.4 Å². The number of piperazine rings is 1. The molecule has 2 aliphatic heterocycles. The number of carbonyl (C=O) groups is 2. The molecule has 1 unspecified atom stereocenters. The molecule has 1 atom stereocenters. The summed E-state index contributed by atoms with van der Waals surface area (Å²) in [6.07, 6.45) is 0. The topological polar surface area (TPSA) is 86.8 Å². The van der Waals surface area contributed by atoms with Crippen LogP contribution < -0.4 is 4.72 Å². The first-order chi connectivity index (χ1) is 10.7. The molecule has 124 valence electrons. The number of nitrogens with zero attached hydrogens (tertiary/aromatic N) is 2. The number of benzene rings is 1. The van der Waals surface area contributed by atoms with Crippen molar-refractivity contribution in [2.24, 2.45) is 0 Å². The van der Waals surface area contributed by atoms with Gasteiger partial charge in [0.1, 0.15) is 11.9 Å². The minimum Gasteiger partial charge on any atom is -0.335 e. The second-order valence-electron chi connectivity index (χ2n) is 5.09. The molecular weight excluding hydrogens is 417 g/mol. The monoisotopic (exact) mass is 425 g/mol. The van der Waals surface area contributed by atoms with E-state index in [1.807, 2.05) is 4.72 Å². The van der Waals surface area contributed by atoms with Gasteiger partial charge < -0.3 is 4.90 Å². The lowest BCUT2D eigenvalue weighted by Crippen LogP contribution is -2.54. The summed E-state index contributed by atoms with van der Waals surface area (Å²) in [5, 5.41) is -0.0622. The second kappa shape index (κ2) is 5.69. The fraction of sp³-hybridized carbons (Fsp3) is 0.333. The number of amides is 2. The zero-order valence-electron chi connectivity index (χ0n) is 11.4. The van der Waals surface area contributed by atoms with Crippen LogP contribution >= 0.6 is 27.5 Å². The van der Waals surface area contributed by atoms with Crippen LogP contribution in [0.2, 0.25) is 5.02 Å². The molecule has 0 radical (unpaired) electrons. The number of rotatable bonds is 1. The summed E-state index contributed by atoms with van der Waals surface area (Å²) in [4.78, 5) is 25.4. The van der Waals surface area contributed by atoms with E-state index >= 15 is 0 Å². The molecule has 23 heavy (non-hydrogen) atoms. The third-order valence-electron chi connectivity index (χ3n) is 3.68. The van der Waals surface area contributed by atoms with Gasteiger partial charge in [0.25, 0.3) is 11.8 Å². The van der Waals surface area contributed by atoms with Gasteiger partial charge in [0.15, 0.2) is 0 Å². The maximum atomic E-state index is 14.0. The van der Waals surface area contributed by atoms with Gasteiger partial charge in [-0.3, -0.25) is 9.59 Å². The Morgan fingerprint density at radius 2 is 2.09 bits per heavy atom. The highest BCUT2D eigenvalue weighted by atomic mass is 79.9. The molecular formula is C12H10BrClFN3O4S. The number of carbonyl (C=O) groups excluding carboxylic acids is 2. The molecule has 0 bridgehead atoms. The van der Waals surface area contributed by atoms with E-state index in [2.05, 4.69) is 15.9 Å². The molecule has 1 aromatic rings. The number of fused-ring (bicyclic) bond motifs is 1. The molecule has 7 nitrogen and oxygen atoms in total. The molecule has 0 aromatic heterocycles. The standard InChI is InChI=1S/C12H10BrClFN3O4S/c13-6-3-7(14)10(8(15)4-6)12(20)17-1-2-18-9(5-17)11(19)16-23(18,21)22/h3-4,9H,1-2,5H2,(H,16,19). The number of halogens is 3. The molecule has 2 amide bonds. The van der Waals surface area contributed by atoms with Crippen molar-refractivity contribution in [1.29, 1.82) is 0 Å². The fourth-order valence-electron chi connectivity index (χ4n) is 2.61. The van der Waals surface area contributed by atoms with Crippen molar-refractivity contribution in [2.75, 3.05) is 19.6 Å². The summed E-state index contributed by atoms with van der Waals surface area (Å²) in [5.41, 5.74) is -0.301. The third kappa shape index (κ3) is 2.84. The second-order valence-corrected chi connectivity index (χ2v) is 8.04. The summed E-state index contributed by atoms with van der Waals surface area (Å²) in [7, 11) is -3.84. The average molecular weight is 427 g/mol. The molecule has 0 aliphatic carbocycles. The summed E-state index contributed by atoms with van der Waals surface area (Å²) in [6.45, 7) is -0.168. The Morgan fingerprint density at radius 3 is 2.74 bits per heavy atom. The van der Waals surface area contributed by atoms with Crippen LogP contribution in [0.15, 0.2) is 16.6 Å². The minimum absolute atomic E-state index is 0.0371. The Kier molecular flexibility index (Phi) is 4.11. The van der Waals surface area contributed by atoms with E-state index in [0.717, 1.165) is 10.4 Å². The Morgan fingerprint density at radius 1 is 1.39 bits per heavy atom. The summed E-state index contributed by atoms with van der Waals surface area (Å²) < 4.78 is 40.7. The lowest BCUT2D eigenvalue weighted by molar-refractivity contribution is -0.122. The molecule has 2 saturated heterocycles. The lowest BCUT2D eigenvalue weighted by Gasteiger charge is -2.34. The van der Waals surface area contributed by atoms with E-state index in [-0.39, 0.29) is 30.2 Å². The summed E-state index contributed by atoms with van der Waals surface area (Å²) >= 11 is 9.00. The average Bonchev–Trinajstić information content (AvgIpc) is 2.67. The van der Waals surface area contributed by atoms with Gasteiger partial charge >= 0.3 is 10.2 Å². The van der Waals surface area contributed by atoms with Crippen LogP contribution in [0.1, 0.15) is 10.4 Å². The van der Waals surface area contributed by atoms with Gasteiger partial charge in [0.2, 0.25) is 0 Å². The molecule has 11 heteroatoms. The fourth-order valence-corrected chi connectivity index (χ4v) is 4.79. The van der Waals surface area contributed by atoms with E-state index in [4.69, 9.17) is 11.6 Å². The van der Waals surface area contributed by atoms with Crippen molar-refractivity contribution in [2.45, 2.75) is 6.04 Å². The Bertz CT molecular complexity index is 796. The van der Waals surface area contributed by atoms with E-state index in [9.17, 15) is 22.4 Å². The van der Waals surface area contributed by atoms with Crippen molar-refractivity contribution in [3.05, 3.63) is 33.0 Å². The number of nitrogens with one attached hydrogen (secondary N) is 1. The van der Waals surface area contributed by atoms with E-state index in [0.29, 0.717) is 4.47 Å². The normalized spacial score (nSPS) is 23.5. The highest BCUT2D eigenvalue weighted by molar-refractivity contribution is 9.10. The zero-order chi connectivity index (χ0) is 16.9. The summed E-state index contributed by atoms with van der Waals surface area (Å²) in [5.74, 6) is -2.18. The van der Waals surface area contributed by atoms with Gasteiger partial charge in [0, 0.05) is 24.1 Å². The molecule has 2 fully saturated rings. The van der Waals surface area contributed by atoms with E-state index < -0.39 is 33.9 Å².